The lowest BCUT2D eigenvalue weighted by Gasteiger charge is -2.19. The summed E-state index contributed by atoms with van der Waals surface area (Å²) in [5.41, 5.74) is 0.363. The normalized spacial score (nSPS) is 23.0. The second-order valence-electron chi connectivity index (χ2n) is 4.59. The van der Waals surface area contributed by atoms with Gasteiger partial charge in [-0.3, -0.25) is 4.79 Å². The number of phenolic OH excluding ortho intramolecular Hbond substituents is 1. The second-order valence-corrected chi connectivity index (χ2v) is 6.48. The summed E-state index contributed by atoms with van der Waals surface area (Å²) in [4.78, 5) is 12.1. The molecule has 0 bridgehead atoms. The SMILES string of the molecule is O=C(NC1CCCC1CBr)c1cc(I)ccc1O. The van der Waals surface area contributed by atoms with E-state index in [4.69, 9.17) is 0 Å². The van der Waals surface area contributed by atoms with E-state index in [2.05, 4.69) is 43.8 Å². The minimum Gasteiger partial charge on any atom is -0.507 e. The summed E-state index contributed by atoms with van der Waals surface area (Å²) < 4.78 is 0.944. The smallest absolute Gasteiger partial charge is 0.255 e. The van der Waals surface area contributed by atoms with Gasteiger partial charge >= 0.3 is 0 Å². The number of aromatic hydroxyl groups is 1. The molecule has 0 spiro atoms. The van der Waals surface area contributed by atoms with Crippen molar-refractivity contribution in [3.63, 3.8) is 0 Å². The molecule has 1 amide bonds. The van der Waals surface area contributed by atoms with Crippen LogP contribution in [-0.2, 0) is 0 Å². The molecule has 2 rings (SSSR count). The summed E-state index contributed by atoms with van der Waals surface area (Å²) in [6.07, 6.45) is 3.32. The molecule has 1 fully saturated rings. The molecule has 5 heteroatoms. The van der Waals surface area contributed by atoms with Gasteiger partial charge in [-0.15, -0.1) is 0 Å². The number of benzene rings is 1. The van der Waals surface area contributed by atoms with E-state index in [1.165, 1.54) is 0 Å². The third-order valence-corrected chi connectivity index (χ3v) is 4.88. The Balaban J connectivity index is 2.09. The lowest BCUT2D eigenvalue weighted by atomic mass is 10.1. The summed E-state index contributed by atoms with van der Waals surface area (Å²) in [5.74, 6) is 0.365. The van der Waals surface area contributed by atoms with E-state index in [0.29, 0.717) is 11.5 Å². The minimum atomic E-state index is -0.177. The van der Waals surface area contributed by atoms with Gasteiger partial charge in [0.2, 0.25) is 0 Å². The number of hydrogen-bond donors (Lipinski definition) is 2. The monoisotopic (exact) mass is 423 g/mol. The maximum absolute atomic E-state index is 12.1. The molecule has 1 aromatic rings. The molecule has 2 atom stereocenters. The topological polar surface area (TPSA) is 49.3 Å². The van der Waals surface area contributed by atoms with Gasteiger partial charge in [0.15, 0.2) is 0 Å². The maximum atomic E-state index is 12.1. The molecule has 0 aromatic heterocycles. The van der Waals surface area contributed by atoms with Crippen LogP contribution < -0.4 is 5.32 Å². The van der Waals surface area contributed by atoms with E-state index in [1.807, 2.05) is 0 Å². The summed E-state index contributed by atoms with van der Waals surface area (Å²) >= 11 is 5.62. The van der Waals surface area contributed by atoms with E-state index in [0.717, 1.165) is 28.2 Å². The highest BCUT2D eigenvalue weighted by atomic mass is 127. The zero-order valence-corrected chi connectivity index (χ0v) is 13.6. The molecule has 3 nitrogen and oxygen atoms in total. The largest absolute Gasteiger partial charge is 0.507 e. The number of alkyl halides is 1. The Morgan fingerprint density at radius 1 is 1.50 bits per heavy atom. The van der Waals surface area contributed by atoms with Crippen LogP contribution in [0.3, 0.4) is 0 Å². The van der Waals surface area contributed by atoms with Crippen molar-refractivity contribution >= 4 is 44.4 Å². The first-order valence-corrected chi connectivity index (χ1v) is 8.17. The molecule has 0 radical (unpaired) electrons. The van der Waals surface area contributed by atoms with Gasteiger partial charge in [0.25, 0.3) is 5.91 Å². The molecule has 2 unspecified atom stereocenters. The average Bonchev–Trinajstić information content (AvgIpc) is 2.79. The predicted molar refractivity (Wildman–Crippen MR) is 83.2 cm³/mol. The van der Waals surface area contributed by atoms with E-state index >= 15 is 0 Å². The van der Waals surface area contributed by atoms with Crippen LogP contribution in [0, 0.1) is 9.49 Å². The van der Waals surface area contributed by atoms with Gasteiger partial charge in [0.1, 0.15) is 5.75 Å². The summed E-state index contributed by atoms with van der Waals surface area (Å²) in [5, 5.41) is 13.7. The van der Waals surface area contributed by atoms with E-state index in [1.54, 1.807) is 18.2 Å². The Kier molecular flexibility index (Phi) is 4.89. The van der Waals surface area contributed by atoms with Crippen molar-refractivity contribution in [1.29, 1.82) is 0 Å². The second kappa shape index (κ2) is 6.23. The summed E-state index contributed by atoms with van der Waals surface area (Å²) in [6, 6.07) is 5.27. The molecule has 18 heavy (non-hydrogen) atoms. The van der Waals surface area contributed by atoms with Crippen molar-refractivity contribution in [1.82, 2.24) is 5.32 Å². The molecule has 2 N–H and O–H groups in total. The summed E-state index contributed by atoms with van der Waals surface area (Å²) in [7, 11) is 0. The number of rotatable bonds is 3. The van der Waals surface area contributed by atoms with Crippen LogP contribution in [0.25, 0.3) is 0 Å². The number of hydrogen-bond acceptors (Lipinski definition) is 2. The number of amides is 1. The van der Waals surface area contributed by atoms with Gasteiger partial charge in [-0.25, -0.2) is 0 Å². The zero-order valence-electron chi connectivity index (χ0n) is 9.83. The molecular weight excluding hydrogens is 409 g/mol. The van der Waals surface area contributed by atoms with E-state index < -0.39 is 0 Å². The fourth-order valence-electron chi connectivity index (χ4n) is 2.35. The maximum Gasteiger partial charge on any atom is 0.255 e. The first-order valence-electron chi connectivity index (χ1n) is 5.97. The molecule has 1 aliphatic rings. The Morgan fingerprint density at radius 2 is 2.28 bits per heavy atom. The van der Waals surface area contributed by atoms with Crippen molar-refractivity contribution in [2.75, 3.05) is 5.33 Å². The Labute approximate surface area is 129 Å². The highest BCUT2D eigenvalue weighted by Gasteiger charge is 2.28. The van der Waals surface area contributed by atoms with Crippen LogP contribution in [0.1, 0.15) is 29.6 Å². The number of carbonyl (C=O) groups excluding carboxylic acids is 1. The Bertz CT molecular complexity index is 453. The number of nitrogens with one attached hydrogen (secondary N) is 1. The van der Waals surface area contributed by atoms with Crippen molar-refractivity contribution in [2.45, 2.75) is 25.3 Å². The van der Waals surface area contributed by atoms with E-state index in [9.17, 15) is 9.90 Å². The first-order chi connectivity index (χ1) is 8.61. The van der Waals surface area contributed by atoms with Crippen molar-refractivity contribution in [2.24, 2.45) is 5.92 Å². The van der Waals surface area contributed by atoms with E-state index in [-0.39, 0.29) is 17.7 Å². The highest BCUT2D eigenvalue weighted by molar-refractivity contribution is 14.1. The molecule has 98 valence electrons. The molecular formula is C13H15BrINO2. The van der Waals surface area contributed by atoms with Crippen LogP contribution in [0.5, 0.6) is 5.75 Å². The molecule has 1 aliphatic carbocycles. The number of halogens is 2. The van der Waals surface area contributed by atoms with Crippen molar-refractivity contribution in [3.8, 4) is 5.75 Å². The third kappa shape index (κ3) is 3.17. The lowest BCUT2D eigenvalue weighted by Crippen LogP contribution is -2.37. The molecule has 1 aromatic carbocycles. The van der Waals surface area contributed by atoms with Crippen molar-refractivity contribution in [3.05, 3.63) is 27.3 Å². The number of phenols is 1. The van der Waals surface area contributed by atoms with Gasteiger partial charge in [-0.05, 0) is 59.5 Å². The van der Waals surface area contributed by atoms with Crippen LogP contribution in [0.2, 0.25) is 0 Å². The van der Waals surface area contributed by atoms with Gasteiger partial charge in [0, 0.05) is 14.9 Å². The van der Waals surface area contributed by atoms with Crippen LogP contribution >= 0.6 is 38.5 Å². The van der Waals surface area contributed by atoms with Crippen LogP contribution in [0.4, 0.5) is 0 Å². The fraction of sp³-hybridized carbons (Fsp3) is 0.462. The lowest BCUT2D eigenvalue weighted by molar-refractivity contribution is 0.0927. The average molecular weight is 424 g/mol. The zero-order chi connectivity index (χ0) is 13.1. The van der Waals surface area contributed by atoms with Crippen LogP contribution in [0.15, 0.2) is 18.2 Å². The predicted octanol–water partition coefficient (Wildman–Crippen LogP) is 3.29. The standard InChI is InChI=1S/C13H15BrINO2/c14-7-8-2-1-3-11(8)16-13(18)10-6-9(15)4-5-12(10)17/h4-6,8,11,17H,1-3,7H2,(H,16,18). The van der Waals surface area contributed by atoms with Gasteiger partial charge in [-0.1, -0.05) is 22.4 Å². The van der Waals surface area contributed by atoms with Gasteiger partial charge in [-0.2, -0.15) is 0 Å². The quantitative estimate of drug-likeness (QED) is 0.578. The van der Waals surface area contributed by atoms with Crippen LogP contribution in [-0.4, -0.2) is 22.4 Å². The molecule has 0 aliphatic heterocycles. The van der Waals surface area contributed by atoms with Gasteiger partial charge < -0.3 is 10.4 Å². The summed E-state index contributed by atoms with van der Waals surface area (Å²) in [6.45, 7) is 0. The van der Waals surface area contributed by atoms with Gasteiger partial charge in [0.05, 0.1) is 5.56 Å². The third-order valence-electron chi connectivity index (χ3n) is 3.38. The number of carbonyl (C=O) groups is 1. The molecule has 1 saturated carbocycles. The Hall–Kier alpha value is -0.300. The minimum absolute atomic E-state index is 0.0429. The fourth-order valence-corrected chi connectivity index (χ4v) is 3.61. The highest BCUT2D eigenvalue weighted by Crippen LogP contribution is 2.28. The molecule has 0 saturated heterocycles. The van der Waals surface area contributed by atoms with Crippen molar-refractivity contribution < 1.29 is 9.90 Å². The Morgan fingerprint density at radius 3 is 3.00 bits per heavy atom. The first kappa shape index (κ1) is 14.1. The molecule has 0 heterocycles.